The molecule has 2 N–H and O–H groups in total. The molecule has 2 aromatic rings. The van der Waals surface area contributed by atoms with Gasteiger partial charge in [0.05, 0.1) is 0 Å². The Bertz CT molecular complexity index is 688. The molecule has 120 valence electrons. The van der Waals surface area contributed by atoms with Crippen LogP contribution in [0.25, 0.3) is 0 Å². The SMILES string of the molecule is Cc1cccc(C)c1NC(=O)c1ccnc(NC2CCCC2)n1. The molecule has 0 bridgehead atoms. The molecule has 1 aromatic carbocycles. The third-order valence-electron chi connectivity index (χ3n) is 4.30. The maximum absolute atomic E-state index is 12.5. The number of hydrogen-bond acceptors (Lipinski definition) is 4. The molecule has 5 heteroatoms. The van der Waals surface area contributed by atoms with Crippen LogP contribution in [0.1, 0.15) is 47.3 Å². The van der Waals surface area contributed by atoms with Gasteiger partial charge in [0, 0.05) is 17.9 Å². The molecule has 3 rings (SSSR count). The smallest absolute Gasteiger partial charge is 0.274 e. The Morgan fingerprint density at radius 1 is 1.13 bits per heavy atom. The van der Waals surface area contributed by atoms with E-state index in [1.54, 1.807) is 12.3 Å². The lowest BCUT2D eigenvalue weighted by Crippen LogP contribution is -2.20. The molecule has 1 aliphatic carbocycles. The van der Waals surface area contributed by atoms with Crippen LogP contribution in [0.15, 0.2) is 30.5 Å². The van der Waals surface area contributed by atoms with E-state index in [0.29, 0.717) is 17.7 Å². The quantitative estimate of drug-likeness (QED) is 0.903. The average molecular weight is 310 g/mol. The lowest BCUT2D eigenvalue weighted by molar-refractivity contribution is 0.102. The number of aryl methyl sites for hydroxylation is 2. The fourth-order valence-corrected chi connectivity index (χ4v) is 3.00. The zero-order chi connectivity index (χ0) is 16.2. The van der Waals surface area contributed by atoms with Crippen molar-refractivity contribution < 1.29 is 4.79 Å². The summed E-state index contributed by atoms with van der Waals surface area (Å²) in [6.07, 6.45) is 6.39. The maximum atomic E-state index is 12.5. The Morgan fingerprint density at radius 3 is 2.52 bits per heavy atom. The number of carbonyl (C=O) groups excluding carboxylic acids is 1. The van der Waals surface area contributed by atoms with Crippen LogP contribution in [0.5, 0.6) is 0 Å². The number of carbonyl (C=O) groups is 1. The van der Waals surface area contributed by atoms with Crippen LogP contribution in [0, 0.1) is 13.8 Å². The van der Waals surface area contributed by atoms with Gasteiger partial charge in [-0.05, 0) is 43.9 Å². The van der Waals surface area contributed by atoms with Crippen LogP contribution < -0.4 is 10.6 Å². The van der Waals surface area contributed by atoms with E-state index in [2.05, 4.69) is 20.6 Å². The van der Waals surface area contributed by atoms with Crippen LogP contribution >= 0.6 is 0 Å². The van der Waals surface area contributed by atoms with Crippen LogP contribution in [0.2, 0.25) is 0 Å². The predicted octanol–water partition coefficient (Wildman–Crippen LogP) is 3.70. The summed E-state index contributed by atoms with van der Waals surface area (Å²) in [5.41, 5.74) is 3.30. The Morgan fingerprint density at radius 2 is 1.83 bits per heavy atom. The van der Waals surface area contributed by atoms with E-state index in [-0.39, 0.29) is 5.91 Å². The minimum Gasteiger partial charge on any atom is -0.351 e. The van der Waals surface area contributed by atoms with Crippen LogP contribution in [-0.2, 0) is 0 Å². The Kier molecular flexibility index (Phi) is 4.55. The Hall–Kier alpha value is -2.43. The second-order valence-corrected chi connectivity index (χ2v) is 6.11. The highest BCUT2D eigenvalue weighted by Crippen LogP contribution is 2.22. The first-order valence-electron chi connectivity index (χ1n) is 8.10. The highest BCUT2D eigenvalue weighted by molar-refractivity contribution is 6.03. The van der Waals surface area contributed by atoms with E-state index in [4.69, 9.17) is 0 Å². The Balaban J connectivity index is 1.74. The number of nitrogens with zero attached hydrogens (tertiary/aromatic N) is 2. The van der Waals surface area contributed by atoms with Crippen molar-refractivity contribution in [1.82, 2.24) is 9.97 Å². The monoisotopic (exact) mass is 310 g/mol. The summed E-state index contributed by atoms with van der Waals surface area (Å²) in [5.74, 6) is 0.324. The topological polar surface area (TPSA) is 66.9 Å². The number of amides is 1. The van der Waals surface area contributed by atoms with Crippen molar-refractivity contribution in [2.24, 2.45) is 0 Å². The fourth-order valence-electron chi connectivity index (χ4n) is 3.00. The molecule has 0 saturated heterocycles. The van der Waals surface area contributed by atoms with Crippen molar-refractivity contribution in [2.75, 3.05) is 10.6 Å². The van der Waals surface area contributed by atoms with E-state index >= 15 is 0 Å². The number of anilines is 2. The number of para-hydroxylation sites is 1. The first-order chi connectivity index (χ1) is 11.1. The van der Waals surface area contributed by atoms with Gasteiger partial charge in [-0.25, -0.2) is 9.97 Å². The van der Waals surface area contributed by atoms with Crippen LogP contribution in [0.3, 0.4) is 0 Å². The zero-order valence-electron chi connectivity index (χ0n) is 13.6. The molecule has 23 heavy (non-hydrogen) atoms. The van der Waals surface area contributed by atoms with E-state index in [0.717, 1.165) is 29.7 Å². The molecular formula is C18H22N4O. The first kappa shape index (κ1) is 15.5. The summed E-state index contributed by atoms with van der Waals surface area (Å²) in [5, 5.41) is 6.28. The number of aromatic nitrogens is 2. The van der Waals surface area contributed by atoms with Gasteiger partial charge in [-0.3, -0.25) is 4.79 Å². The van der Waals surface area contributed by atoms with Crippen molar-refractivity contribution in [2.45, 2.75) is 45.6 Å². The number of hydrogen-bond donors (Lipinski definition) is 2. The average Bonchev–Trinajstić information content (AvgIpc) is 3.04. The van der Waals surface area contributed by atoms with E-state index in [9.17, 15) is 4.79 Å². The minimum absolute atomic E-state index is 0.209. The molecule has 0 aliphatic heterocycles. The molecule has 0 spiro atoms. The predicted molar refractivity (Wildman–Crippen MR) is 91.8 cm³/mol. The molecular weight excluding hydrogens is 288 g/mol. The van der Waals surface area contributed by atoms with Crippen molar-refractivity contribution in [3.8, 4) is 0 Å². The normalized spacial score (nSPS) is 14.7. The molecule has 0 unspecified atom stereocenters. The lowest BCUT2D eigenvalue weighted by atomic mass is 10.1. The maximum Gasteiger partial charge on any atom is 0.274 e. The van der Waals surface area contributed by atoms with Crippen LogP contribution in [0.4, 0.5) is 11.6 Å². The first-order valence-corrected chi connectivity index (χ1v) is 8.10. The number of rotatable bonds is 4. The molecule has 1 heterocycles. The van der Waals surface area contributed by atoms with Gasteiger partial charge in [-0.2, -0.15) is 0 Å². The van der Waals surface area contributed by atoms with Gasteiger partial charge in [0.25, 0.3) is 5.91 Å². The van der Waals surface area contributed by atoms with Gasteiger partial charge in [0.1, 0.15) is 5.69 Å². The van der Waals surface area contributed by atoms with Crippen molar-refractivity contribution in [1.29, 1.82) is 0 Å². The van der Waals surface area contributed by atoms with Crippen molar-refractivity contribution >= 4 is 17.5 Å². The summed E-state index contributed by atoms with van der Waals surface area (Å²) in [6.45, 7) is 3.96. The summed E-state index contributed by atoms with van der Waals surface area (Å²) >= 11 is 0. The van der Waals surface area contributed by atoms with Gasteiger partial charge in [0.15, 0.2) is 0 Å². The highest BCUT2D eigenvalue weighted by Gasteiger charge is 2.17. The molecule has 1 fully saturated rings. The van der Waals surface area contributed by atoms with Gasteiger partial charge in [-0.1, -0.05) is 31.0 Å². The third-order valence-corrected chi connectivity index (χ3v) is 4.30. The van der Waals surface area contributed by atoms with Crippen molar-refractivity contribution in [3.05, 3.63) is 47.3 Å². The van der Waals surface area contributed by atoms with Gasteiger partial charge < -0.3 is 10.6 Å². The minimum atomic E-state index is -0.209. The number of nitrogens with one attached hydrogen (secondary N) is 2. The second kappa shape index (κ2) is 6.77. The molecule has 1 aliphatic rings. The van der Waals surface area contributed by atoms with Crippen LogP contribution in [-0.4, -0.2) is 21.9 Å². The molecule has 0 atom stereocenters. The van der Waals surface area contributed by atoms with E-state index in [1.165, 1.54) is 12.8 Å². The molecule has 1 saturated carbocycles. The van der Waals surface area contributed by atoms with Crippen molar-refractivity contribution in [3.63, 3.8) is 0 Å². The van der Waals surface area contributed by atoms with Gasteiger partial charge >= 0.3 is 0 Å². The molecule has 1 amide bonds. The highest BCUT2D eigenvalue weighted by atomic mass is 16.1. The molecule has 1 aromatic heterocycles. The standard InChI is InChI=1S/C18H22N4O/c1-12-6-5-7-13(2)16(12)22-17(23)15-10-11-19-18(21-15)20-14-8-3-4-9-14/h5-7,10-11,14H,3-4,8-9H2,1-2H3,(H,22,23)(H,19,20,21). The lowest BCUT2D eigenvalue weighted by Gasteiger charge is -2.13. The number of benzene rings is 1. The third kappa shape index (κ3) is 3.67. The second-order valence-electron chi connectivity index (χ2n) is 6.11. The summed E-state index contributed by atoms with van der Waals surface area (Å²) in [4.78, 5) is 21.1. The summed E-state index contributed by atoms with van der Waals surface area (Å²) in [7, 11) is 0. The summed E-state index contributed by atoms with van der Waals surface area (Å²) < 4.78 is 0. The largest absolute Gasteiger partial charge is 0.351 e. The molecule has 5 nitrogen and oxygen atoms in total. The van der Waals surface area contributed by atoms with Gasteiger partial charge in [-0.15, -0.1) is 0 Å². The molecule has 0 radical (unpaired) electrons. The van der Waals surface area contributed by atoms with Gasteiger partial charge in [0.2, 0.25) is 5.95 Å². The van der Waals surface area contributed by atoms with E-state index < -0.39 is 0 Å². The van der Waals surface area contributed by atoms with E-state index in [1.807, 2.05) is 32.0 Å². The summed E-state index contributed by atoms with van der Waals surface area (Å²) in [6, 6.07) is 8.01. The Labute approximate surface area is 136 Å². The fraction of sp³-hybridized carbons (Fsp3) is 0.389. The zero-order valence-corrected chi connectivity index (χ0v) is 13.6.